The number of benzene rings is 1. The van der Waals surface area contributed by atoms with Crippen LogP contribution in [0, 0.1) is 0 Å². The van der Waals surface area contributed by atoms with Gasteiger partial charge in [-0.25, -0.2) is 19.6 Å². The Morgan fingerprint density at radius 3 is 2.84 bits per heavy atom. The fourth-order valence-corrected chi connectivity index (χ4v) is 2.74. The molecule has 0 aliphatic rings. The summed E-state index contributed by atoms with van der Waals surface area (Å²) in [4.78, 5) is 12.7. The van der Waals surface area contributed by atoms with Crippen LogP contribution in [0.3, 0.4) is 0 Å². The van der Waals surface area contributed by atoms with Crippen LogP contribution >= 0.6 is 0 Å². The summed E-state index contributed by atoms with van der Waals surface area (Å²) in [5, 5.41) is 4.24. The molecule has 1 aromatic carbocycles. The molecule has 0 bridgehead atoms. The van der Waals surface area contributed by atoms with Gasteiger partial charge in [0.25, 0.3) is 0 Å². The number of hydrogen-bond acceptors (Lipinski definition) is 5. The van der Waals surface area contributed by atoms with Gasteiger partial charge >= 0.3 is 0 Å². The number of hydrogen-bond donors (Lipinski definition) is 0. The van der Waals surface area contributed by atoms with E-state index in [1.807, 2.05) is 36.5 Å². The van der Waals surface area contributed by atoms with E-state index in [9.17, 15) is 0 Å². The van der Waals surface area contributed by atoms with Crippen molar-refractivity contribution in [3.8, 4) is 23.0 Å². The van der Waals surface area contributed by atoms with E-state index in [1.165, 1.54) is 6.33 Å². The number of para-hydroxylation sites is 1. The van der Waals surface area contributed by atoms with Gasteiger partial charge in [0.1, 0.15) is 18.5 Å². The lowest BCUT2D eigenvalue weighted by Gasteiger charge is -2.12. The van der Waals surface area contributed by atoms with Gasteiger partial charge < -0.3 is 9.30 Å². The number of aromatic nitrogens is 6. The summed E-state index contributed by atoms with van der Waals surface area (Å²) in [5.41, 5.74) is 3.07. The maximum Gasteiger partial charge on any atom is 0.213 e. The van der Waals surface area contributed by atoms with Crippen LogP contribution in [0.1, 0.15) is 5.56 Å². The second-order valence-electron chi connectivity index (χ2n) is 5.43. The van der Waals surface area contributed by atoms with Crippen molar-refractivity contribution < 1.29 is 4.74 Å². The summed E-state index contributed by atoms with van der Waals surface area (Å²) in [7, 11) is 1.60. The van der Waals surface area contributed by atoms with Crippen LogP contribution < -0.4 is 4.74 Å². The second-order valence-corrected chi connectivity index (χ2v) is 5.43. The molecular weight excluding hydrogens is 316 g/mol. The first-order valence-electron chi connectivity index (χ1n) is 7.79. The largest absolute Gasteiger partial charge is 0.481 e. The van der Waals surface area contributed by atoms with Crippen molar-refractivity contribution in [1.82, 2.24) is 29.3 Å². The molecule has 0 spiro atoms. The average Bonchev–Trinajstić information content (AvgIpc) is 3.34. The van der Waals surface area contributed by atoms with Gasteiger partial charge in [-0.05, 0) is 17.7 Å². The van der Waals surface area contributed by atoms with Crippen LogP contribution in [0.25, 0.3) is 17.1 Å². The van der Waals surface area contributed by atoms with Crippen LogP contribution in [-0.2, 0) is 6.54 Å². The molecular formula is C18H16N6O. The molecule has 0 radical (unpaired) electrons. The summed E-state index contributed by atoms with van der Waals surface area (Å²) in [6, 6.07) is 11.9. The van der Waals surface area contributed by atoms with E-state index in [0.717, 1.165) is 22.6 Å². The molecule has 0 unspecified atom stereocenters. The zero-order valence-corrected chi connectivity index (χ0v) is 13.6. The van der Waals surface area contributed by atoms with E-state index in [0.29, 0.717) is 12.4 Å². The lowest BCUT2D eigenvalue weighted by Crippen LogP contribution is -2.06. The fourth-order valence-electron chi connectivity index (χ4n) is 2.74. The van der Waals surface area contributed by atoms with Crippen LogP contribution in [0.5, 0.6) is 5.88 Å². The highest BCUT2D eigenvalue weighted by atomic mass is 16.5. The minimum atomic E-state index is 0.565. The van der Waals surface area contributed by atoms with Crippen molar-refractivity contribution in [1.29, 1.82) is 0 Å². The van der Waals surface area contributed by atoms with Gasteiger partial charge in [-0.2, -0.15) is 5.10 Å². The van der Waals surface area contributed by atoms with E-state index in [2.05, 4.69) is 30.7 Å². The third-order valence-corrected chi connectivity index (χ3v) is 3.92. The Kier molecular flexibility index (Phi) is 3.96. The standard InChI is InChI=1S/C18H16N6O/c1-25-17-10-14(6-7-20-17)18-21-8-9-23(18)11-15-4-2-3-5-16(15)24-13-19-12-22-24/h2-10,12-13H,11H2,1H3. The normalized spacial score (nSPS) is 10.8. The van der Waals surface area contributed by atoms with Crippen LogP contribution in [-0.4, -0.2) is 36.4 Å². The molecule has 7 heteroatoms. The SMILES string of the molecule is COc1cc(-c2nccn2Cc2ccccc2-n2cncn2)ccn1. The van der Waals surface area contributed by atoms with Crippen molar-refractivity contribution in [2.45, 2.75) is 6.54 Å². The molecule has 124 valence electrons. The quantitative estimate of drug-likeness (QED) is 0.562. The molecule has 7 nitrogen and oxygen atoms in total. The minimum absolute atomic E-state index is 0.565. The Morgan fingerprint density at radius 2 is 2.00 bits per heavy atom. The van der Waals surface area contributed by atoms with Gasteiger partial charge in [0.05, 0.1) is 19.3 Å². The summed E-state index contributed by atoms with van der Waals surface area (Å²) in [5.74, 6) is 1.42. The van der Waals surface area contributed by atoms with Crippen molar-refractivity contribution in [3.63, 3.8) is 0 Å². The smallest absolute Gasteiger partial charge is 0.213 e. The Hall–Kier alpha value is -3.48. The van der Waals surface area contributed by atoms with Gasteiger partial charge in [-0.3, -0.25) is 0 Å². The molecule has 0 saturated heterocycles. The average molecular weight is 332 g/mol. The molecule has 0 atom stereocenters. The van der Waals surface area contributed by atoms with E-state index in [1.54, 1.807) is 30.5 Å². The summed E-state index contributed by atoms with van der Waals surface area (Å²) in [6.07, 6.45) is 8.70. The predicted octanol–water partition coefficient (Wildman–Crippen LogP) is 2.58. The highest BCUT2D eigenvalue weighted by Gasteiger charge is 2.11. The molecule has 0 aliphatic heterocycles. The van der Waals surface area contributed by atoms with Crippen molar-refractivity contribution >= 4 is 0 Å². The lowest BCUT2D eigenvalue weighted by atomic mass is 10.1. The van der Waals surface area contributed by atoms with E-state index >= 15 is 0 Å². The summed E-state index contributed by atoms with van der Waals surface area (Å²) in [6.45, 7) is 0.663. The molecule has 3 heterocycles. The molecule has 0 saturated carbocycles. The van der Waals surface area contributed by atoms with Gasteiger partial charge in [0.2, 0.25) is 5.88 Å². The Labute approximate surface area is 144 Å². The number of imidazole rings is 1. The predicted molar refractivity (Wildman–Crippen MR) is 92.5 cm³/mol. The Balaban J connectivity index is 1.71. The Bertz CT molecular complexity index is 977. The molecule has 0 fully saturated rings. The first kappa shape index (κ1) is 15.1. The first-order valence-corrected chi connectivity index (χ1v) is 7.79. The highest BCUT2D eigenvalue weighted by molar-refractivity contribution is 5.57. The Morgan fingerprint density at radius 1 is 1.08 bits per heavy atom. The molecule has 0 aliphatic carbocycles. The zero-order valence-electron chi connectivity index (χ0n) is 13.6. The highest BCUT2D eigenvalue weighted by Crippen LogP contribution is 2.23. The second kappa shape index (κ2) is 6.56. The molecule has 0 N–H and O–H groups in total. The maximum absolute atomic E-state index is 5.21. The minimum Gasteiger partial charge on any atom is -0.481 e. The van der Waals surface area contributed by atoms with Crippen molar-refractivity contribution in [2.75, 3.05) is 7.11 Å². The number of methoxy groups -OCH3 is 1. The maximum atomic E-state index is 5.21. The number of rotatable bonds is 5. The molecule has 0 amide bonds. The van der Waals surface area contributed by atoms with E-state index in [4.69, 9.17) is 4.74 Å². The van der Waals surface area contributed by atoms with Crippen LogP contribution in [0.15, 0.2) is 67.6 Å². The summed E-state index contributed by atoms with van der Waals surface area (Å²) >= 11 is 0. The van der Waals surface area contributed by atoms with Gasteiger partial charge in [-0.1, -0.05) is 18.2 Å². The molecule has 3 aromatic heterocycles. The first-order chi connectivity index (χ1) is 12.3. The molecule has 4 aromatic rings. The zero-order chi connectivity index (χ0) is 17.1. The van der Waals surface area contributed by atoms with Crippen LogP contribution in [0.2, 0.25) is 0 Å². The lowest BCUT2D eigenvalue weighted by molar-refractivity contribution is 0.398. The van der Waals surface area contributed by atoms with Crippen LogP contribution in [0.4, 0.5) is 0 Å². The third-order valence-electron chi connectivity index (χ3n) is 3.92. The van der Waals surface area contributed by atoms with Crippen molar-refractivity contribution in [2.24, 2.45) is 0 Å². The monoisotopic (exact) mass is 332 g/mol. The molecule has 4 rings (SSSR count). The number of pyridine rings is 1. The van der Waals surface area contributed by atoms with Gasteiger partial charge in [0.15, 0.2) is 0 Å². The number of nitrogens with zero attached hydrogens (tertiary/aromatic N) is 6. The van der Waals surface area contributed by atoms with E-state index in [-0.39, 0.29) is 0 Å². The van der Waals surface area contributed by atoms with E-state index < -0.39 is 0 Å². The van der Waals surface area contributed by atoms with Crippen molar-refractivity contribution in [3.05, 3.63) is 73.2 Å². The third kappa shape index (κ3) is 2.99. The molecule has 25 heavy (non-hydrogen) atoms. The fraction of sp³-hybridized carbons (Fsp3) is 0.111. The summed E-state index contributed by atoms with van der Waals surface area (Å²) < 4.78 is 9.07. The van der Waals surface area contributed by atoms with Gasteiger partial charge in [-0.15, -0.1) is 0 Å². The number of ether oxygens (including phenoxy) is 1. The topological polar surface area (TPSA) is 70.7 Å². The van der Waals surface area contributed by atoms with Gasteiger partial charge in [0, 0.05) is 30.2 Å².